The zero-order valence-electron chi connectivity index (χ0n) is 9.70. The van der Waals surface area contributed by atoms with E-state index in [2.05, 4.69) is 16.3 Å². The minimum Gasteiger partial charge on any atom is -0.378 e. The molecule has 1 unspecified atom stereocenters. The van der Waals surface area contributed by atoms with Crippen LogP contribution in [0.4, 0.5) is 0 Å². The number of rotatable bonds is 5. The van der Waals surface area contributed by atoms with Gasteiger partial charge < -0.3 is 15.0 Å². The summed E-state index contributed by atoms with van der Waals surface area (Å²) in [6.07, 6.45) is 2.62. The molecule has 0 aromatic carbocycles. The van der Waals surface area contributed by atoms with E-state index in [4.69, 9.17) is 10.00 Å². The average molecular weight is 211 g/mol. The lowest BCUT2D eigenvalue weighted by molar-refractivity contribution is 0.0136. The largest absolute Gasteiger partial charge is 0.378 e. The third-order valence-corrected chi connectivity index (χ3v) is 2.88. The molecule has 1 heterocycles. The third-order valence-electron chi connectivity index (χ3n) is 2.88. The summed E-state index contributed by atoms with van der Waals surface area (Å²) in [6.45, 7) is 5.77. The molecule has 0 aromatic heterocycles. The number of piperidine rings is 1. The molecule has 15 heavy (non-hydrogen) atoms. The highest BCUT2D eigenvalue weighted by Gasteiger charge is 2.20. The summed E-state index contributed by atoms with van der Waals surface area (Å²) in [4.78, 5) is 2.33. The van der Waals surface area contributed by atoms with Crippen LogP contribution < -0.4 is 5.32 Å². The van der Waals surface area contributed by atoms with Crippen molar-refractivity contribution in [3.05, 3.63) is 0 Å². The molecule has 0 amide bonds. The molecule has 0 saturated carbocycles. The second-order valence-corrected chi connectivity index (χ2v) is 3.93. The lowest BCUT2D eigenvalue weighted by atomic mass is 10.1. The van der Waals surface area contributed by atoms with E-state index in [9.17, 15) is 0 Å². The van der Waals surface area contributed by atoms with E-state index in [-0.39, 0.29) is 6.04 Å². The summed E-state index contributed by atoms with van der Waals surface area (Å²) in [7, 11) is 1.83. The molecule has 0 bridgehead atoms. The monoisotopic (exact) mass is 211 g/mol. The van der Waals surface area contributed by atoms with Gasteiger partial charge in [0.2, 0.25) is 0 Å². The van der Waals surface area contributed by atoms with Crippen LogP contribution in [0.25, 0.3) is 0 Å². The van der Waals surface area contributed by atoms with Crippen molar-refractivity contribution in [1.82, 2.24) is 10.2 Å². The number of hydrogen-bond donors (Lipinski definition) is 1. The molecular formula is C11H21N3O. The van der Waals surface area contributed by atoms with Gasteiger partial charge in [-0.3, -0.25) is 0 Å². The molecule has 4 heteroatoms. The van der Waals surface area contributed by atoms with E-state index in [1.54, 1.807) is 0 Å². The number of likely N-dealkylation sites (N-methyl/N-ethyl adjacent to an activating group) is 1. The summed E-state index contributed by atoms with van der Waals surface area (Å²) in [5, 5.41) is 11.8. The van der Waals surface area contributed by atoms with Gasteiger partial charge in [0.1, 0.15) is 6.04 Å². The maximum atomic E-state index is 8.83. The zero-order chi connectivity index (χ0) is 11.1. The Bertz CT molecular complexity index is 206. The van der Waals surface area contributed by atoms with Crippen molar-refractivity contribution in [2.45, 2.75) is 31.9 Å². The van der Waals surface area contributed by atoms with E-state index >= 15 is 0 Å². The van der Waals surface area contributed by atoms with Crippen molar-refractivity contribution in [3.8, 4) is 6.07 Å². The molecule has 1 aliphatic rings. The zero-order valence-corrected chi connectivity index (χ0v) is 9.70. The Hall–Kier alpha value is -0.630. The van der Waals surface area contributed by atoms with Gasteiger partial charge in [-0.15, -0.1) is 0 Å². The van der Waals surface area contributed by atoms with Crippen LogP contribution in [0.3, 0.4) is 0 Å². The summed E-state index contributed by atoms with van der Waals surface area (Å²) in [5.41, 5.74) is 0. The first kappa shape index (κ1) is 12.4. The van der Waals surface area contributed by atoms with Gasteiger partial charge in [0.05, 0.1) is 12.2 Å². The smallest absolute Gasteiger partial charge is 0.108 e. The molecule has 1 rings (SSSR count). The van der Waals surface area contributed by atoms with Gasteiger partial charge in [0.25, 0.3) is 0 Å². The fourth-order valence-electron chi connectivity index (χ4n) is 1.95. The number of hydrogen-bond acceptors (Lipinski definition) is 4. The van der Waals surface area contributed by atoms with Gasteiger partial charge in [0, 0.05) is 26.2 Å². The standard InChI is InChI=1S/C11H21N3O/c1-3-15-11-4-6-14(7-5-11)9-10(8-12)13-2/h10-11,13H,3-7,9H2,1-2H3. The average Bonchev–Trinajstić information content (AvgIpc) is 2.28. The first-order chi connectivity index (χ1) is 7.30. The van der Waals surface area contributed by atoms with Crippen LogP contribution in [0.2, 0.25) is 0 Å². The molecular weight excluding hydrogens is 190 g/mol. The highest BCUT2D eigenvalue weighted by Crippen LogP contribution is 2.13. The molecule has 0 aromatic rings. The lowest BCUT2D eigenvalue weighted by Gasteiger charge is -2.32. The van der Waals surface area contributed by atoms with Crippen LogP contribution in [0.1, 0.15) is 19.8 Å². The number of ether oxygens (including phenoxy) is 1. The Kier molecular flexibility index (Phi) is 5.62. The van der Waals surface area contributed by atoms with Gasteiger partial charge >= 0.3 is 0 Å². The SMILES string of the molecule is CCOC1CCN(CC(C#N)NC)CC1. The predicted octanol–water partition coefficient (Wildman–Crippen LogP) is 0.599. The Morgan fingerprint density at radius 1 is 1.53 bits per heavy atom. The van der Waals surface area contributed by atoms with E-state index in [1.807, 2.05) is 14.0 Å². The normalized spacial score (nSPS) is 21.1. The third kappa shape index (κ3) is 4.17. The Morgan fingerprint density at radius 3 is 2.67 bits per heavy atom. The van der Waals surface area contributed by atoms with Crippen LogP contribution in [0.5, 0.6) is 0 Å². The number of nitrogens with one attached hydrogen (secondary N) is 1. The molecule has 1 fully saturated rings. The lowest BCUT2D eigenvalue weighted by Crippen LogP contribution is -2.44. The molecule has 1 N–H and O–H groups in total. The summed E-state index contributed by atoms with van der Waals surface area (Å²) < 4.78 is 5.58. The molecule has 4 nitrogen and oxygen atoms in total. The Balaban J connectivity index is 2.22. The van der Waals surface area contributed by atoms with Gasteiger partial charge in [-0.25, -0.2) is 0 Å². The molecule has 1 saturated heterocycles. The molecule has 0 spiro atoms. The maximum absolute atomic E-state index is 8.83. The number of likely N-dealkylation sites (tertiary alicyclic amines) is 1. The Morgan fingerprint density at radius 2 is 2.20 bits per heavy atom. The van der Waals surface area contributed by atoms with Crippen molar-refractivity contribution in [3.63, 3.8) is 0 Å². The van der Waals surface area contributed by atoms with Gasteiger partial charge in [-0.2, -0.15) is 5.26 Å². The van der Waals surface area contributed by atoms with E-state index in [0.717, 1.165) is 39.1 Å². The van der Waals surface area contributed by atoms with Crippen LogP contribution in [0, 0.1) is 11.3 Å². The van der Waals surface area contributed by atoms with Crippen LogP contribution in [0.15, 0.2) is 0 Å². The Labute approximate surface area is 92.2 Å². The fourth-order valence-corrected chi connectivity index (χ4v) is 1.95. The summed E-state index contributed by atoms with van der Waals surface area (Å²) in [5.74, 6) is 0. The second-order valence-electron chi connectivity index (χ2n) is 3.93. The number of nitriles is 1. The van der Waals surface area contributed by atoms with E-state index in [1.165, 1.54) is 0 Å². The predicted molar refractivity (Wildman–Crippen MR) is 59.5 cm³/mol. The topological polar surface area (TPSA) is 48.3 Å². The van der Waals surface area contributed by atoms with Gasteiger partial charge in [-0.1, -0.05) is 0 Å². The highest BCUT2D eigenvalue weighted by atomic mass is 16.5. The highest BCUT2D eigenvalue weighted by molar-refractivity contribution is 4.91. The van der Waals surface area contributed by atoms with E-state index < -0.39 is 0 Å². The first-order valence-electron chi connectivity index (χ1n) is 5.71. The van der Waals surface area contributed by atoms with E-state index in [0.29, 0.717) is 6.10 Å². The molecule has 0 aliphatic carbocycles. The molecule has 86 valence electrons. The summed E-state index contributed by atoms with van der Waals surface area (Å²) in [6, 6.07) is 2.20. The van der Waals surface area contributed by atoms with Crippen molar-refractivity contribution < 1.29 is 4.74 Å². The van der Waals surface area contributed by atoms with Crippen molar-refractivity contribution in [1.29, 1.82) is 5.26 Å². The van der Waals surface area contributed by atoms with Gasteiger partial charge in [0.15, 0.2) is 0 Å². The summed E-state index contributed by atoms with van der Waals surface area (Å²) >= 11 is 0. The van der Waals surface area contributed by atoms with Crippen molar-refractivity contribution in [2.75, 3.05) is 33.3 Å². The molecule has 1 aliphatic heterocycles. The minimum absolute atomic E-state index is 0.0476. The van der Waals surface area contributed by atoms with Crippen LogP contribution in [-0.2, 0) is 4.74 Å². The van der Waals surface area contributed by atoms with Crippen molar-refractivity contribution >= 4 is 0 Å². The van der Waals surface area contributed by atoms with Gasteiger partial charge in [-0.05, 0) is 26.8 Å². The first-order valence-corrected chi connectivity index (χ1v) is 5.71. The second kappa shape index (κ2) is 6.78. The fraction of sp³-hybridized carbons (Fsp3) is 0.909. The molecule has 0 radical (unpaired) electrons. The van der Waals surface area contributed by atoms with Crippen LogP contribution in [-0.4, -0.2) is 50.3 Å². The maximum Gasteiger partial charge on any atom is 0.108 e. The van der Waals surface area contributed by atoms with Crippen LogP contribution >= 0.6 is 0 Å². The minimum atomic E-state index is -0.0476. The quantitative estimate of drug-likeness (QED) is 0.723. The van der Waals surface area contributed by atoms with Crippen molar-refractivity contribution in [2.24, 2.45) is 0 Å². The molecule has 1 atom stereocenters. The number of nitrogens with zero attached hydrogens (tertiary/aromatic N) is 2.